The molecule has 36 heavy (non-hydrogen) atoms. The number of fused-ring (bicyclic) bond motifs is 1. The number of aryl methyl sites for hydroxylation is 1. The van der Waals surface area contributed by atoms with Crippen LogP contribution in [0.3, 0.4) is 0 Å². The van der Waals surface area contributed by atoms with Crippen molar-refractivity contribution < 1.29 is 0 Å². The van der Waals surface area contributed by atoms with Crippen LogP contribution < -0.4 is 5.73 Å². The van der Waals surface area contributed by atoms with Gasteiger partial charge < -0.3 is 11.1 Å². The molecule has 1 aromatic carbocycles. The summed E-state index contributed by atoms with van der Waals surface area (Å²) in [5.74, 6) is 0. The van der Waals surface area contributed by atoms with Crippen molar-refractivity contribution in [1.82, 2.24) is 20.2 Å². The van der Waals surface area contributed by atoms with Crippen LogP contribution in [0.1, 0.15) is 55.5 Å². The van der Waals surface area contributed by atoms with Crippen LogP contribution in [0.2, 0.25) is 0 Å². The molecule has 0 aliphatic heterocycles. The van der Waals surface area contributed by atoms with Crippen LogP contribution in [0.25, 0.3) is 39.6 Å². The summed E-state index contributed by atoms with van der Waals surface area (Å²) in [5.41, 5.74) is 17.8. The Morgan fingerprint density at radius 1 is 0.750 bits per heavy atom. The molecule has 1 fully saturated rings. The largest absolute Gasteiger partial charge is 0.397 e. The number of rotatable bonds is 4. The zero-order valence-electron chi connectivity index (χ0n) is 20.3. The molecular formula is C30H30N6. The van der Waals surface area contributed by atoms with E-state index < -0.39 is 0 Å². The summed E-state index contributed by atoms with van der Waals surface area (Å²) in [7, 11) is 0. The standard InChI is InChI=1S/C30H30N6/c31-23-12-3-1-10-21(23)29(32)27-16-6-14-24(33-27)19-8-5-9-20(18-19)25-15-7-17-28(34-25)30-22-11-2-4-13-26(22)35-36-30/h5-9,14-18,31H,1-4,10-13,32H2,(H,35,36)/b29-21-,31-23?. The van der Waals surface area contributed by atoms with Gasteiger partial charge in [0, 0.05) is 22.4 Å². The van der Waals surface area contributed by atoms with Crippen molar-refractivity contribution in [2.75, 3.05) is 0 Å². The molecule has 0 saturated heterocycles. The lowest BCUT2D eigenvalue weighted by Gasteiger charge is -2.18. The minimum atomic E-state index is 0.634. The van der Waals surface area contributed by atoms with E-state index in [0.29, 0.717) is 11.4 Å². The number of benzene rings is 1. The quantitative estimate of drug-likeness (QED) is 0.321. The Morgan fingerprint density at radius 3 is 2.25 bits per heavy atom. The van der Waals surface area contributed by atoms with Crippen molar-refractivity contribution in [2.24, 2.45) is 5.73 Å². The number of pyridine rings is 2. The topological polar surface area (TPSA) is 104 Å². The third kappa shape index (κ3) is 4.24. The predicted octanol–water partition coefficient (Wildman–Crippen LogP) is 6.34. The number of H-pyrrole nitrogens is 1. The molecule has 0 amide bonds. The van der Waals surface area contributed by atoms with E-state index in [1.807, 2.05) is 30.3 Å². The Balaban J connectivity index is 1.33. The van der Waals surface area contributed by atoms with E-state index in [9.17, 15) is 0 Å². The minimum Gasteiger partial charge on any atom is -0.397 e. The van der Waals surface area contributed by atoms with Crippen molar-refractivity contribution in [1.29, 1.82) is 5.41 Å². The molecule has 4 N–H and O–H groups in total. The number of aromatic amines is 1. The van der Waals surface area contributed by atoms with Crippen molar-refractivity contribution in [3.63, 3.8) is 0 Å². The first-order chi connectivity index (χ1) is 17.7. The summed E-state index contributed by atoms with van der Waals surface area (Å²) < 4.78 is 0. The number of nitrogens with zero attached hydrogens (tertiary/aromatic N) is 3. The van der Waals surface area contributed by atoms with Gasteiger partial charge in [-0.2, -0.15) is 5.10 Å². The molecule has 1 saturated carbocycles. The van der Waals surface area contributed by atoms with Crippen LogP contribution in [-0.4, -0.2) is 25.9 Å². The van der Waals surface area contributed by atoms with E-state index in [-0.39, 0.29) is 0 Å². The first kappa shape index (κ1) is 22.4. The van der Waals surface area contributed by atoms with Gasteiger partial charge in [0.25, 0.3) is 0 Å². The molecule has 6 heteroatoms. The van der Waals surface area contributed by atoms with Crippen LogP contribution in [-0.2, 0) is 12.8 Å². The summed E-state index contributed by atoms with van der Waals surface area (Å²) in [6.45, 7) is 0. The van der Waals surface area contributed by atoms with Gasteiger partial charge in [-0.15, -0.1) is 0 Å². The Hall–Kier alpha value is -4.06. The lowest BCUT2D eigenvalue weighted by atomic mass is 9.90. The third-order valence-corrected chi connectivity index (χ3v) is 7.32. The second-order valence-electron chi connectivity index (χ2n) is 9.71. The van der Waals surface area contributed by atoms with Gasteiger partial charge in [-0.3, -0.25) is 5.10 Å². The van der Waals surface area contributed by atoms with Crippen molar-refractivity contribution >= 4 is 11.4 Å². The van der Waals surface area contributed by atoms with Crippen LogP contribution in [0.4, 0.5) is 0 Å². The summed E-state index contributed by atoms with van der Waals surface area (Å²) >= 11 is 0. The van der Waals surface area contributed by atoms with Gasteiger partial charge in [0.05, 0.1) is 39.9 Å². The minimum absolute atomic E-state index is 0.634. The van der Waals surface area contributed by atoms with E-state index in [1.165, 1.54) is 24.1 Å². The molecule has 0 atom stereocenters. The maximum absolute atomic E-state index is 8.31. The summed E-state index contributed by atoms with van der Waals surface area (Å²) in [4.78, 5) is 9.88. The average molecular weight is 475 g/mol. The highest BCUT2D eigenvalue weighted by atomic mass is 15.1. The third-order valence-electron chi connectivity index (χ3n) is 7.32. The highest BCUT2D eigenvalue weighted by Crippen LogP contribution is 2.31. The summed E-state index contributed by atoms with van der Waals surface area (Å²) in [6, 6.07) is 20.4. The number of aromatic nitrogens is 4. The Labute approximate surface area is 211 Å². The second-order valence-corrected chi connectivity index (χ2v) is 9.71. The number of nitrogens with two attached hydrogens (primary N) is 1. The fourth-order valence-electron chi connectivity index (χ4n) is 5.36. The second kappa shape index (κ2) is 9.53. The van der Waals surface area contributed by atoms with Crippen LogP contribution in [0.5, 0.6) is 0 Å². The van der Waals surface area contributed by atoms with Gasteiger partial charge in [0.1, 0.15) is 0 Å². The zero-order chi connectivity index (χ0) is 24.5. The van der Waals surface area contributed by atoms with Gasteiger partial charge in [0.15, 0.2) is 0 Å². The lowest BCUT2D eigenvalue weighted by molar-refractivity contribution is 0.675. The zero-order valence-corrected chi connectivity index (χ0v) is 20.3. The van der Waals surface area contributed by atoms with E-state index in [1.54, 1.807) is 0 Å². The van der Waals surface area contributed by atoms with Crippen molar-refractivity contribution in [3.05, 3.63) is 83.2 Å². The highest BCUT2D eigenvalue weighted by molar-refractivity contribution is 6.04. The normalized spacial score (nSPS) is 17.1. The Kier molecular flexibility index (Phi) is 5.93. The molecule has 3 heterocycles. The number of hydrogen-bond acceptors (Lipinski definition) is 5. The fourth-order valence-corrected chi connectivity index (χ4v) is 5.36. The number of allylic oxidation sites excluding steroid dienone is 1. The van der Waals surface area contributed by atoms with Crippen molar-refractivity contribution in [2.45, 2.75) is 51.4 Å². The van der Waals surface area contributed by atoms with Crippen molar-refractivity contribution in [3.8, 4) is 33.9 Å². The SMILES string of the molecule is N=C1CCCC/C1=C(/N)c1cccc(-c2cccc(-c3cccc(-c4[nH]nc5c4CCCC5)n3)c2)n1. The molecule has 6 nitrogen and oxygen atoms in total. The Morgan fingerprint density at radius 2 is 1.42 bits per heavy atom. The highest BCUT2D eigenvalue weighted by Gasteiger charge is 2.19. The average Bonchev–Trinajstić information content (AvgIpc) is 3.38. The molecule has 6 rings (SSSR count). The van der Waals surface area contributed by atoms with Crippen LogP contribution in [0.15, 0.2) is 66.2 Å². The predicted molar refractivity (Wildman–Crippen MR) is 144 cm³/mol. The fraction of sp³-hybridized carbons (Fsp3) is 0.267. The first-order valence-corrected chi connectivity index (χ1v) is 12.9. The molecule has 2 aliphatic rings. The lowest BCUT2D eigenvalue weighted by Crippen LogP contribution is -2.14. The Bertz CT molecular complexity index is 1480. The van der Waals surface area contributed by atoms with Crippen LogP contribution >= 0.6 is 0 Å². The molecule has 180 valence electrons. The molecule has 0 spiro atoms. The monoisotopic (exact) mass is 474 g/mol. The van der Waals surface area contributed by atoms with Gasteiger partial charge in [0.2, 0.25) is 0 Å². The van der Waals surface area contributed by atoms with Crippen LogP contribution in [0, 0.1) is 5.41 Å². The number of hydrogen-bond donors (Lipinski definition) is 3. The first-order valence-electron chi connectivity index (χ1n) is 12.9. The summed E-state index contributed by atoms with van der Waals surface area (Å²) in [6.07, 6.45) is 8.30. The van der Waals surface area contributed by atoms with Gasteiger partial charge >= 0.3 is 0 Å². The van der Waals surface area contributed by atoms with E-state index in [4.69, 9.17) is 21.1 Å². The number of nitrogens with one attached hydrogen (secondary N) is 2. The van der Waals surface area contributed by atoms with E-state index in [2.05, 4.69) is 40.5 Å². The maximum atomic E-state index is 8.31. The van der Waals surface area contributed by atoms with Gasteiger partial charge in [-0.25, -0.2) is 9.97 Å². The molecular weight excluding hydrogens is 444 g/mol. The van der Waals surface area contributed by atoms with Gasteiger partial charge in [-0.05, 0) is 87.3 Å². The maximum Gasteiger partial charge on any atom is 0.0890 e. The molecule has 2 aliphatic carbocycles. The summed E-state index contributed by atoms with van der Waals surface area (Å²) in [5, 5.41) is 16.1. The molecule has 0 radical (unpaired) electrons. The van der Waals surface area contributed by atoms with E-state index in [0.717, 1.165) is 83.7 Å². The molecule has 3 aromatic heterocycles. The van der Waals surface area contributed by atoms with E-state index >= 15 is 0 Å². The van der Waals surface area contributed by atoms with Gasteiger partial charge in [-0.1, -0.05) is 30.3 Å². The molecule has 0 bridgehead atoms. The molecule has 0 unspecified atom stereocenters. The molecule has 4 aromatic rings. The smallest absolute Gasteiger partial charge is 0.0890 e.